The fourth-order valence-corrected chi connectivity index (χ4v) is 2.62. The fraction of sp³-hybridized carbons (Fsp3) is 0.235. The van der Waals surface area contributed by atoms with Crippen molar-refractivity contribution in [3.8, 4) is 0 Å². The van der Waals surface area contributed by atoms with Gasteiger partial charge in [-0.1, -0.05) is 30.3 Å². The van der Waals surface area contributed by atoms with Gasteiger partial charge in [0, 0.05) is 17.8 Å². The Bertz CT molecular complexity index is 838. The van der Waals surface area contributed by atoms with Crippen LogP contribution < -0.4 is 0 Å². The number of aromatic nitrogens is 3. The van der Waals surface area contributed by atoms with Gasteiger partial charge < -0.3 is 4.74 Å². The van der Waals surface area contributed by atoms with Gasteiger partial charge in [-0.2, -0.15) is 5.10 Å². The maximum atomic E-state index is 11.8. The third-order valence-electron chi connectivity index (χ3n) is 3.84. The Balaban J connectivity index is 2.12. The van der Waals surface area contributed by atoms with Gasteiger partial charge in [-0.25, -0.2) is 14.3 Å². The number of nitrogens with zero attached hydrogens (tertiary/aromatic N) is 3. The number of ether oxygens (including phenoxy) is 1. The monoisotopic (exact) mass is 295 g/mol. The number of hydrogen-bond acceptors (Lipinski definition) is 4. The molecular formula is C17H17N3O2. The highest BCUT2D eigenvalue weighted by Gasteiger charge is 2.18. The minimum Gasteiger partial charge on any atom is -0.465 e. The molecule has 5 nitrogen and oxygen atoms in total. The number of carbonyl (C=O) groups excluding carboxylic acids is 1. The maximum Gasteiger partial charge on any atom is 0.343 e. The van der Waals surface area contributed by atoms with E-state index in [1.807, 2.05) is 32.0 Å². The number of esters is 1. The van der Waals surface area contributed by atoms with E-state index in [2.05, 4.69) is 22.2 Å². The lowest BCUT2D eigenvalue weighted by molar-refractivity contribution is 0.0602. The molecule has 0 radical (unpaired) electrons. The number of methoxy groups -OCH3 is 1. The second kappa shape index (κ2) is 5.60. The van der Waals surface area contributed by atoms with Crippen LogP contribution in [0.2, 0.25) is 0 Å². The molecule has 0 unspecified atom stereocenters. The smallest absolute Gasteiger partial charge is 0.343 e. The second-order valence-electron chi connectivity index (χ2n) is 5.21. The summed E-state index contributed by atoms with van der Waals surface area (Å²) in [5.41, 5.74) is 5.16. The molecule has 2 aromatic heterocycles. The Labute approximate surface area is 128 Å². The number of rotatable bonds is 3. The Morgan fingerprint density at radius 3 is 2.64 bits per heavy atom. The van der Waals surface area contributed by atoms with Crippen LogP contribution in [0.1, 0.15) is 32.9 Å². The molecule has 22 heavy (non-hydrogen) atoms. The van der Waals surface area contributed by atoms with Gasteiger partial charge in [0.1, 0.15) is 5.56 Å². The van der Waals surface area contributed by atoms with Crippen LogP contribution in [-0.2, 0) is 11.2 Å². The highest BCUT2D eigenvalue weighted by atomic mass is 16.5. The van der Waals surface area contributed by atoms with Crippen LogP contribution in [0.4, 0.5) is 0 Å². The van der Waals surface area contributed by atoms with Crippen LogP contribution >= 0.6 is 0 Å². The zero-order chi connectivity index (χ0) is 15.7. The highest BCUT2D eigenvalue weighted by Crippen LogP contribution is 2.20. The first-order valence-corrected chi connectivity index (χ1v) is 7.08. The van der Waals surface area contributed by atoms with Crippen molar-refractivity contribution in [2.75, 3.05) is 7.11 Å². The van der Waals surface area contributed by atoms with Gasteiger partial charge in [0.05, 0.1) is 13.3 Å². The predicted octanol–water partition coefficient (Wildman–Crippen LogP) is 2.72. The van der Waals surface area contributed by atoms with Gasteiger partial charge in [0.15, 0.2) is 5.65 Å². The zero-order valence-corrected chi connectivity index (χ0v) is 12.8. The molecule has 3 aromatic rings. The van der Waals surface area contributed by atoms with Crippen molar-refractivity contribution in [3.05, 3.63) is 64.6 Å². The minimum absolute atomic E-state index is 0.389. The standard InChI is InChI=1S/C17H17N3O2/c1-11-14(9-13-7-5-4-6-8-13)12(2)20-16(19-11)15(10-18-20)17(21)22-3/h4-8,10H,9H2,1-3H3. The van der Waals surface area contributed by atoms with Crippen molar-refractivity contribution < 1.29 is 9.53 Å². The quantitative estimate of drug-likeness (QED) is 0.697. The van der Waals surface area contributed by atoms with Crippen LogP contribution in [-0.4, -0.2) is 27.7 Å². The average Bonchev–Trinajstić information content (AvgIpc) is 2.95. The predicted molar refractivity (Wildman–Crippen MR) is 83.0 cm³/mol. The SMILES string of the molecule is COC(=O)c1cnn2c(C)c(Cc3ccccc3)c(C)nc12. The molecule has 0 saturated carbocycles. The first kappa shape index (κ1) is 14.3. The molecule has 5 heteroatoms. The molecule has 0 spiro atoms. The van der Waals surface area contributed by atoms with E-state index in [9.17, 15) is 4.79 Å². The largest absolute Gasteiger partial charge is 0.465 e. The summed E-state index contributed by atoms with van der Waals surface area (Å²) in [4.78, 5) is 16.3. The summed E-state index contributed by atoms with van der Waals surface area (Å²) in [5, 5.41) is 4.28. The molecule has 1 aromatic carbocycles. The van der Waals surface area contributed by atoms with Crippen molar-refractivity contribution in [2.45, 2.75) is 20.3 Å². The summed E-state index contributed by atoms with van der Waals surface area (Å²) in [6, 6.07) is 10.2. The van der Waals surface area contributed by atoms with Gasteiger partial charge in [-0.3, -0.25) is 0 Å². The van der Waals surface area contributed by atoms with Crippen LogP contribution in [0.25, 0.3) is 5.65 Å². The van der Waals surface area contributed by atoms with Crippen LogP contribution in [0.3, 0.4) is 0 Å². The summed E-state index contributed by atoms with van der Waals surface area (Å²) >= 11 is 0. The second-order valence-corrected chi connectivity index (χ2v) is 5.21. The van der Waals surface area contributed by atoms with Gasteiger partial charge in [-0.05, 0) is 25.0 Å². The van der Waals surface area contributed by atoms with Crippen molar-refractivity contribution in [3.63, 3.8) is 0 Å². The maximum absolute atomic E-state index is 11.8. The molecule has 0 aliphatic heterocycles. The summed E-state index contributed by atoms with van der Waals surface area (Å²) in [5.74, 6) is -0.419. The number of hydrogen-bond donors (Lipinski definition) is 0. The van der Waals surface area contributed by atoms with Crippen molar-refractivity contribution in [1.29, 1.82) is 0 Å². The van der Waals surface area contributed by atoms with Crippen LogP contribution in [0.5, 0.6) is 0 Å². The highest BCUT2D eigenvalue weighted by molar-refractivity contribution is 5.95. The van der Waals surface area contributed by atoms with E-state index >= 15 is 0 Å². The summed E-state index contributed by atoms with van der Waals surface area (Å²) in [6.45, 7) is 3.95. The van der Waals surface area contributed by atoms with Gasteiger partial charge in [-0.15, -0.1) is 0 Å². The molecule has 0 atom stereocenters. The molecule has 112 valence electrons. The van der Waals surface area contributed by atoms with Crippen molar-refractivity contribution in [2.24, 2.45) is 0 Å². The molecule has 0 amide bonds. The molecule has 0 aliphatic carbocycles. The Hall–Kier alpha value is -2.69. The van der Waals surface area contributed by atoms with Crippen molar-refractivity contribution in [1.82, 2.24) is 14.6 Å². The van der Waals surface area contributed by atoms with E-state index in [0.717, 1.165) is 23.4 Å². The lowest BCUT2D eigenvalue weighted by atomic mass is 10.0. The van der Waals surface area contributed by atoms with E-state index in [1.165, 1.54) is 18.9 Å². The van der Waals surface area contributed by atoms with Gasteiger partial charge in [0.2, 0.25) is 0 Å². The molecule has 0 aliphatic rings. The number of carbonyl (C=O) groups is 1. The zero-order valence-electron chi connectivity index (χ0n) is 12.8. The molecule has 2 heterocycles. The Morgan fingerprint density at radius 2 is 1.95 bits per heavy atom. The minimum atomic E-state index is -0.419. The number of benzene rings is 1. The fourth-order valence-electron chi connectivity index (χ4n) is 2.62. The van der Waals surface area contributed by atoms with Gasteiger partial charge >= 0.3 is 5.97 Å². The molecule has 0 bridgehead atoms. The number of aryl methyl sites for hydroxylation is 2. The van der Waals surface area contributed by atoms with E-state index < -0.39 is 5.97 Å². The van der Waals surface area contributed by atoms with Crippen molar-refractivity contribution >= 4 is 11.6 Å². The topological polar surface area (TPSA) is 56.5 Å². The first-order chi connectivity index (χ1) is 10.6. The van der Waals surface area contributed by atoms with E-state index in [4.69, 9.17) is 4.74 Å². The van der Waals surface area contributed by atoms with E-state index in [-0.39, 0.29) is 0 Å². The van der Waals surface area contributed by atoms with Crippen LogP contribution in [0, 0.1) is 13.8 Å². The first-order valence-electron chi connectivity index (χ1n) is 7.08. The lowest BCUT2D eigenvalue weighted by Gasteiger charge is -2.11. The summed E-state index contributed by atoms with van der Waals surface area (Å²) in [6.07, 6.45) is 2.29. The number of fused-ring (bicyclic) bond motifs is 1. The molecule has 0 saturated heterocycles. The third kappa shape index (κ3) is 2.35. The third-order valence-corrected chi connectivity index (χ3v) is 3.84. The van der Waals surface area contributed by atoms with E-state index in [1.54, 1.807) is 4.52 Å². The van der Waals surface area contributed by atoms with Crippen LogP contribution in [0.15, 0.2) is 36.5 Å². The van der Waals surface area contributed by atoms with E-state index in [0.29, 0.717) is 11.2 Å². The molecular weight excluding hydrogens is 278 g/mol. The molecule has 3 rings (SSSR count). The molecule has 0 N–H and O–H groups in total. The molecule has 0 fully saturated rings. The normalized spacial score (nSPS) is 10.9. The Morgan fingerprint density at radius 1 is 1.23 bits per heavy atom. The summed E-state index contributed by atoms with van der Waals surface area (Å²) in [7, 11) is 1.36. The Kier molecular flexibility index (Phi) is 3.63. The average molecular weight is 295 g/mol. The summed E-state index contributed by atoms with van der Waals surface area (Å²) < 4.78 is 6.48. The lowest BCUT2D eigenvalue weighted by Crippen LogP contribution is -2.08. The van der Waals surface area contributed by atoms with Gasteiger partial charge in [0.25, 0.3) is 0 Å².